The maximum atomic E-state index is 12.3. The molecule has 1 saturated carbocycles. The Bertz CT molecular complexity index is 715. The number of nitrogens with one attached hydrogen (secondary N) is 2. The maximum Gasteiger partial charge on any atom is 0.240 e. The van der Waals surface area contributed by atoms with Crippen molar-refractivity contribution < 1.29 is 13.2 Å². The van der Waals surface area contributed by atoms with Crippen molar-refractivity contribution in [2.24, 2.45) is 11.8 Å². The van der Waals surface area contributed by atoms with Crippen LogP contribution in [0.2, 0.25) is 0 Å². The Morgan fingerprint density at radius 1 is 1.16 bits per heavy atom. The molecule has 1 aromatic carbocycles. The molecule has 2 N–H and O–H groups in total. The molecule has 0 saturated heterocycles. The van der Waals surface area contributed by atoms with Gasteiger partial charge in [0.1, 0.15) is 0 Å². The second kappa shape index (κ2) is 8.32. The average molecular weight is 367 g/mol. The lowest BCUT2D eigenvalue weighted by atomic mass is 9.78. The lowest BCUT2D eigenvalue weighted by Gasteiger charge is -2.34. The fraction of sp³-hybridized carbons (Fsp3) is 0.632. The van der Waals surface area contributed by atoms with E-state index in [1.54, 1.807) is 18.2 Å². The van der Waals surface area contributed by atoms with Crippen molar-refractivity contribution in [2.45, 2.75) is 64.3 Å². The molecule has 1 fully saturated rings. The first-order valence-corrected chi connectivity index (χ1v) is 10.6. The van der Waals surface area contributed by atoms with Gasteiger partial charge in [0.15, 0.2) is 0 Å². The Morgan fingerprint density at radius 2 is 1.88 bits per heavy atom. The molecule has 0 spiro atoms. The Labute approximate surface area is 151 Å². The summed E-state index contributed by atoms with van der Waals surface area (Å²) in [7, 11) is -3.58. The van der Waals surface area contributed by atoms with E-state index in [0.717, 1.165) is 24.0 Å². The molecule has 0 heterocycles. The number of hydrogen-bond acceptors (Lipinski definition) is 3. The Morgan fingerprint density at radius 3 is 2.56 bits per heavy atom. The average Bonchev–Trinajstić information content (AvgIpc) is 2.54. The fourth-order valence-electron chi connectivity index (χ4n) is 3.33. The normalized spacial score (nSPS) is 24.1. The van der Waals surface area contributed by atoms with E-state index in [-0.39, 0.29) is 29.8 Å². The Hall–Kier alpha value is -1.40. The van der Waals surface area contributed by atoms with Crippen LogP contribution < -0.4 is 10.0 Å². The van der Waals surface area contributed by atoms with Crippen molar-refractivity contribution in [3.05, 3.63) is 29.3 Å². The number of carbonyl (C=O) groups is 1. The quantitative estimate of drug-likeness (QED) is 0.813. The third kappa shape index (κ3) is 5.28. The third-order valence-electron chi connectivity index (χ3n) is 5.49. The first-order chi connectivity index (χ1) is 11.7. The van der Waals surface area contributed by atoms with Crippen molar-refractivity contribution >= 4 is 15.9 Å². The number of aryl methyl sites for hydroxylation is 2. The minimum Gasteiger partial charge on any atom is -0.353 e. The highest BCUT2D eigenvalue weighted by molar-refractivity contribution is 7.89. The molecule has 0 unspecified atom stereocenters. The molecule has 1 aliphatic carbocycles. The first kappa shape index (κ1) is 19.9. The minimum atomic E-state index is -3.58. The molecule has 0 bridgehead atoms. The summed E-state index contributed by atoms with van der Waals surface area (Å²) in [6.45, 7) is 8.33. The van der Waals surface area contributed by atoms with Gasteiger partial charge in [0.2, 0.25) is 15.9 Å². The van der Waals surface area contributed by atoms with Crippen molar-refractivity contribution in [2.75, 3.05) is 6.54 Å². The maximum absolute atomic E-state index is 12.3. The molecule has 0 radical (unpaired) electrons. The van der Waals surface area contributed by atoms with Crippen LogP contribution >= 0.6 is 0 Å². The Kier molecular flexibility index (Phi) is 6.63. The highest BCUT2D eigenvalue weighted by atomic mass is 32.2. The monoisotopic (exact) mass is 366 g/mol. The van der Waals surface area contributed by atoms with E-state index in [9.17, 15) is 13.2 Å². The molecule has 0 aliphatic heterocycles. The molecule has 0 aromatic heterocycles. The summed E-state index contributed by atoms with van der Waals surface area (Å²) in [6, 6.07) is 5.24. The van der Waals surface area contributed by atoms with Gasteiger partial charge in [-0.3, -0.25) is 4.79 Å². The zero-order valence-corrected chi connectivity index (χ0v) is 16.4. The molecule has 1 aliphatic rings. The molecule has 6 heteroatoms. The standard InChI is InChI=1S/C19H30N2O3S/c1-13-8-9-17(12-15(13)3)25(23,24)20-11-10-19(22)21-18-7-5-6-14(2)16(18)4/h8-9,12,14,16,18,20H,5-7,10-11H2,1-4H3,(H,21,22)/t14-,16+,18+/m1/s1. The van der Waals surface area contributed by atoms with Gasteiger partial charge in [-0.25, -0.2) is 13.1 Å². The molecular formula is C19H30N2O3S. The van der Waals surface area contributed by atoms with Crippen LogP contribution in [0.3, 0.4) is 0 Å². The largest absolute Gasteiger partial charge is 0.353 e. The van der Waals surface area contributed by atoms with Crippen LogP contribution in [0, 0.1) is 25.7 Å². The second-order valence-corrected chi connectivity index (χ2v) is 9.10. The molecule has 25 heavy (non-hydrogen) atoms. The molecular weight excluding hydrogens is 336 g/mol. The van der Waals surface area contributed by atoms with Crippen LogP contribution in [0.5, 0.6) is 0 Å². The van der Waals surface area contributed by atoms with Gasteiger partial charge in [-0.1, -0.05) is 32.8 Å². The van der Waals surface area contributed by atoms with Gasteiger partial charge in [-0.2, -0.15) is 0 Å². The summed E-state index contributed by atoms with van der Waals surface area (Å²) in [5.74, 6) is 0.987. The van der Waals surface area contributed by atoms with Crippen LogP contribution in [-0.4, -0.2) is 26.9 Å². The second-order valence-electron chi connectivity index (χ2n) is 7.34. The van der Waals surface area contributed by atoms with Crippen molar-refractivity contribution in [3.8, 4) is 0 Å². The Balaban J connectivity index is 1.84. The first-order valence-electron chi connectivity index (χ1n) is 9.07. The summed E-state index contributed by atoms with van der Waals surface area (Å²) in [5.41, 5.74) is 1.98. The van der Waals surface area contributed by atoms with E-state index in [4.69, 9.17) is 0 Å². The van der Waals surface area contributed by atoms with E-state index >= 15 is 0 Å². The van der Waals surface area contributed by atoms with Crippen LogP contribution in [0.1, 0.15) is 50.7 Å². The summed E-state index contributed by atoms with van der Waals surface area (Å²) >= 11 is 0. The number of hydrogen-bond donors (Lipinski definition) is 2. The van der Waals surface area contributed by atoms with Crippen LogP contribution in [0.4, 0.5) is 0 Å². The number of amides is 1. The van der Waals surface area contributed by atoms with E-state index in [1.165, 1.54) is 6.42 Å². The molecule has 2 rings (SSSR count). The summed E-state index contributed by atoms with van der Waals surface area (Å²) < 4.78 is 27.2. The van der Waals surface area contributed by atoms with E-state index in [2.05, 4.69) is 23.9 Å². The van der Waals surface area contributed by atoms with Gasteiger partial charge < -0.3 is 5.32 Å². The molecule has 1 aromatic rings. The molecule has 5 nitrogen and oxygen atoms in total. The molecule has 1 amide bonds. The molecule has 140 valence electrons. The van der Waals surface area contributed by atoms with Gasteiger partial charge in [-0.05, 0) is 55.4 Å². The smallest absolute Gasteiger partial charge is 0.240 e. The zero-order valence-electron chi connectivity index (χ0n) is 15.6. The summed E-state index contributed by atoms with van der Waals surface area (Å²) in [5, 5.41) is 3.07. The van der Waals surface area contributed by atoms with Gasteiger partial charge >= 0.3 is 0 Å². The van der Waals surface area contributed by atoms with Crippen LogP contribution in [0.15, 0.2) is 23.1 Å². The number of carbonyl (C=O) groups excluding carboxylic acids is 1. The third-order valence-corrected chi connectivity index (χ3v) is 6.94. The minimum absolute atomic E-state index is 0.0891. The number of rotatable bonds is 6. The van der Waals surface area contributed by atoms with Crippen LogP contribution in [-0.2, 0) is 14.8 Å². The van der Waals surface area contributed by atoms with Crippen molar-refractivity contribution in [1.82, 2.24) is 10.0 Å². The predicted octanol–water partition coefficient (Wildman–Crippen LogP) is 2.91. The highest BCUT2D eigenvalue weighted by Crippen LogP contribution is 2.29. The van der Waals surface area contributed by atoms with E-state index in [0.29, 0.717) is 11.8 Å². The SMILES string of the molecule is Cc1ccc(S(=O)(=O)NCCC(=O)N[C@H]2CCC[C@@H](C)[C@@H]2C)cc1C. The van der Waals surface area contributed by atoms with Gasteiger partial charge in [0.25, 0.3) is 0 Å². The summed E-state index contributed by atoms with van der Waals surface area (Å²) in [6.07, 6.45) is 3.51. The van der Waals surface area contributed by atoms with E-state index in [1.807, 2.05) is 13.8 Å². The van der Waals surface area contributed by atoms with Gasteiger partial charge in [0.05, 0.1) is 4.90 Å². The fourth-order valence-corrected chi connectivity index (χ4v) is 4.44. The van der Waals surface area contributed by atoms with Crippen molar-refractivity contribution in [3.63, 3.8) is 0 Å². The lowest BCUT2D eigenvalue weighted by Crippen LogP contribution is -2.44. The number of benzene rings is 1. The number of sulfonamides is 1. The predicted molar refractivity (Wildman–Crippen MR) is 99.8 cm³/mol. The van der Waals surface area contributed by atoms with Gasteiger partial charge in [0, 0.05) is 19.0 Å². The van der Waals surface area contributed by atoms with Crippen LogP contribution in [0.25, 0.3) is 0 Å². The summed E-state index contributed by atoms with van der Waals surface area (Å²) in [4.78, 5) is 12.4. The van der Waals surface area contributed by atoms with E-state index < -0.39 is 10.0 Å². The topological polar surface area (TPSA) is 75.3 Å². The van der Waals surface area contributed by atoms with Crippen molar-refractivity contribution in [1.29, 1.82) is 0 Å². The lowest BCUT2D eigenvalue weighted by molar-refractivity contribution is -0.122. The zero-order chi connectivity index (χ0) is 18.6. The van der Waals surface area contributed by atoms with Gasteiger partial charge in [-0.15, -0.1) is 0 Å². The molecule has 3 atom stereocenters. The highest BCUT2D eigenvalue weighted by Gasteiger charge is 2.28.